The fourth-order valence-electron chi connectivity index (χ4n) is 5.59. The van der Waals surface area contributed by atoms with Crippen LogP contribution in [0.4, 0.5) is 0 Å². The van der Waals surface area contributed by atoms with Crippen LogP contribution < -0.4 is 0 Å². The molecular formula is C37H40O7. The molecule has 2 aliphatic heterocycles. The van der Waals surface area contributed by atoms with Gasteiger partial charge in [0.05, 0.1) is 45.7 Å². The molecule has 0 saturated carbocycles. The van der Waals surface area contributed by atoms with Gasteiger partial charge < -0.3 is 33.2 Å². The molecule has 6 atom stereocenters. The number of hydrogen-bond donors (Lipinski definition) is 0. The smallest absolute Gasteiger partial charge is 0.314 e. The van der Waals surface area contributed by atoms with Crippen molar-refractivity contribution >= 4 is 0 Å². The molecule has 230 valence electrons. The van der Waals surface area contributed by atoms with Crippen molar-refractivity contribution in [2.75, 3.05) is 13.2 Å². The van der Waals surface area contributed by atoms with Crippen molar-refractivity contribution in [2.24, 2.45) is 0 Å². The summed E-state index contributed by atoms with van der Waals surface area (Å²) in [6.45, 7) is 4.05. The third-order valence-corrected chi connectivity index (χ3v) is 7.77. The molecule has 0 aromatic heterocycles. The Balaban J connectivity index is 1.31. The Bertz CT molecular complexity index is 1390. The molecule has 2 heterocycles. The van der Waals surface area contributed by atoms with Crippen LogP contribution in [-0.2, 0) is 59.6 Å². The summed E-state index contributed by atoms with van der Waals surface area (Å²) in [5.41, 5.74) is 4.17. The molecule has 0 N–H and O–H groups in total. The van der Waals surface area contributed by atoms with E-state index in [1.165, 1.54) is 0 Å². The summed E-state index contributed by atoms with van der Waals surface area (Å²) in [7, 11) is 0. The molecular weight excluding hydrogens is 556 g/mol. The van der Waals surface area contributed by atoms with Crippen LogP contribution in [0, 0.1) is 0 Å². The van der Waals surface area contributed by atoms with Crippen LogP contribution in [-0.4, -0.2) is 49.7 Å². The molecule has 7 nitrogen and oxygen atoms in total. The molecule has 1 unspecified atom stereocenters. The van der Waals surface area contributed by atoms with E-state index in [4.69, 9.17) is 33.2 Å². The molecule has 6 rings (SSSR count). The number of rotatable bonds is 13. The topological polar surface area (TPSA) is 64.6 Å². The lowest BCUT2D eigenvalue weighted by molar-refractivity contribution is -0.445. The van der Waals surface area contributed by atoms with E-state index in [2.05, 4.69) is 0 Å². The van der Waals surface area contributed by atoms with Crippen LogP contribution in [0.15, 0.2) is 121 Å². The highest BCUT2D eigenvalue weighted by Crippen LogP contribution is 2.42. The SMILES string of the molecule is CC1CO[C@@]2(O1)O[C@H](COCc1ccccc1)[C@@H](OCc1ccccc1)[C@H](OCc1ccccc1)[C@H]2OCc1ccccc1. The third-order valence-electron chi connectivity index (χ3n) is 7.77. The van der Waals surface area contributed by atoms with Gasteiger partial charge in [0.1, 0.15) is 18.3 Å². The number of hydrogen-bond acceptors (Lipinski definition) is 7. The summed E-state index contributed by atoms with van der Waals surface area (Å²) < 4.78 is 45.8. The standard InChI is InChI=1S/C37H40O7/c1-28-22-42-37(43-28)36(41-26-32-20-12-5-13-21-32)35(40-25-31-18-10-4-11-19-31)34(39-24-30-16-8-3-9-17-30)33(44-37)27-38-23-29-14-6-2-7-15-29/h2-21,28,33-36H,22-27H2,1H3/t28?,33-,34-,35+,36-,37+/m1/s1. The van der Waals surface area contributed by atoms with Crippen molar-refractivity contribution in [3.05, 3.63) is 144 Å². The first-order valence-corrected chi connectivity index (χ1v) is 15.3. The van der Waals surface area contributed by atoms with Gasteiger partial charge in [-0.1, -0.05) is 121 Å². The van der Waals surface area contributed by atoms with Crippen LogP contribution in [0.25, 0.3) is 0 Å². The molecule has 2 saturated heterocycles. The lowest BCUT2D eigenvalue weighted by atomic mass is 9.96. The second-order valence-electron chi connectivity index (χ2n) is 11.2. The van der Waals surface area contributed by atoms with Gasteiger partial charge in [0.15, 0.2) is 6.10 Å². The van der Waals surface area contributed by atoms with E-state index in [0.717, 1.165) is 22.3 Å². The van der Waals surface area contributed by atoms with E-state index in [1.54, 1.807) is 0 Å². The largest absolute Gasteiger partial charge is 0.374 e. The molecule has 7 heteroatoms. The van der Waals surface area contributed by atoms with Crippen LogP contribution >= 0.6 is 0 Å². The molecule has 0 bridgehead atoms. The second-order valence-corrected chi connectivity index (χ2v) is 11.2. The average molecular weight is 597 g/mol. The highest BCUT2D eigenvalue weighted by Gasteiger charge is 2.62. The third kappa shape index (κ3) is 7.81. The van der Waals surface area contributed by atoms with E-state index in [-0.39, 0.29) is 12.7 Å². The summed E-state index contributed by atoms with van der Waals surface area (Å²) in [6.07, 6.45) is -2.66. The van der Waals surface area contributed by atoms with Gasteiger partial charge in [-0.05, 0) is 29.2 Å². The summed E-state index contributed by atoms with van der Waals surface area (Å²) in [5, 5.41) is 0. The Hall–Kier alpha value is -3.40. The zero-order valence-corrected chi connectivity index (χ0v) is 25.0. The maximum Gasteiger partial charge on any atom is 0.314 e. The van der Waals surface area contributed by atoms with Gasteiger partial charge in [0, 0.05) is 0 Å². The summed E-state index contributed by atoms with van der Waals surface area (Å²) in [5.74, 6) is -1.48. The molecule has 44 heavy (non-hydrogen) atoms. The first-order chi connectivity index (χ1) is 21.7. The highest BCUT2D eigenvalue weighted by molar-refractivity contribution is 5.16. The maximum absolute atomic E-state index is 6.74. The minimum absolute atomic E-state index is 0.194. The monoisotopic (exact) mass is 596 g/mol. The number of benzene rings is 4. The van der Waals surface area contributed by atoms with E-state index < -0.39 is 30.4 Å². The van der Waals surface area contributed by atoms with Gasteiger partial charge in [-0.15, -0.1) is 0 Å². The van der Waals surface area contributed by atoms with E-state index in [9.17, 15) is 0 Å². The van der Waals surface area contributed by atoms with Crippen LogP contribution in [0.5, 0.6) is 0 Å². The molecule has 0 radical (unpaired) electrons. The fraction of sp³-hybridized carbons (Fsp3) is 0.351. The van der Waals surface area contributed by atoms with Crippen molar-refractivity contribution in [1.29, 1.82) is 0 Å². The molecule has 1 spiro atoms. The van der Waals surface area contributed by atoms with Gasteiger partial charge in [-0.3, -0.25) is 0 Å². The predicted molar refractivity (Wildman–Crippen MR) is 165 cm³/mol. The fourth-order valence-corrected chi connectivity index (χ4v) is 5.59. The van der Waals surface area contributed by atoms with Crippen molar-refractivity contribution in [3.8, 4) is 0 Å². The van der Waals surface area contributed by atoms with Crippen molar-refractivity contribution < 1.29 is 33.2 Å². The molecule has 0 aliphatic carbocycles. The Kier molecular flexibility index (Phi) is 10.5. The lowest BCUT2D eigenvalue weighted by Gasteiger charge is -2.49. The molecule has 2 aliphatic rings. The Morgan fingerprint density at radius 1 is 0.568 bits per heavy atom. The predicted octanol–water partition coefficient (Wildman–Crippen LogP) is 6.45. The Morgan fingerprint density at radius 3 is 1.50 bits per heavy atom. The van der Waals surface area contributed by atoms with Gasteiger partial charge in [0.2, 0.25) is 0 Å². The molecule has 4 aromatic rings. The normalized spacial score (nSPS) is 26.6. The molecule has 0 amide bonds. The van der Waals surface area contributed by atoms with Crippen LogP contribution in [0.1, 0.15) is 29.2 Å². The highest BCUT2D eigenvalue weighted by atomic mass is 16.9. The zero-order valence-electron chi connectivity index (χ0n) is 25.0. The average Bonchev–Trinajstić information content (AvgIpc) is 3.44. The first kappa shape index (κ1) is 30.6. The molecule has 4 aromatic carbocycles. The van der Waals surface area contributed by atoms with Crippen molar-refractivity contribution in [2.45, 2.75) is 69.8 Å². The zero-order chi connectivity index (χ0) is 30.0. The maximum atomic E-state index is 6.74. The van der Waals surface area contributed by atoms with Crippen LogP contribution in [0.2, 0.25) is 0 Å². The minimum atomic E-state index is -1.48. The van der Waals surface area contributed by atoms with Crippen molar-refractivity contribution in [3.63, 3.8) is 0 Å². The Labute approximate surface area is 259 Å². The van der Waals surface area contributed by atoms with E-state index in [1.807, 2.05) is 128 Å². The minimum Gasteiger partial charge on any atom is -0.374 e. The van der Waals surface area contributed by atoms with E-state index >= 15 is 0 Å². The molecule has 2 fully saturated rings. The lowest BCUT2D eigenvalue weighted by Crippen LogP contribution is -2.67. The summed E-state index contributed by atoms with van der Waals surface area (Å²) in [6, 6.07) is 40.3. The van der Waals surface area contributed by atoms with Gasteiger partial charge in [0.25, 0.3) is 0 Å². The number of ether oxygens (including phenoxy) is 7. The second kappa shape index (κ2) is 15.1. The van der Waals surface area contributed by atoms with E-state index in [0.29, 0.717) is 33.0 Å². The van der Waals surface area contributed by atoms with Crippen molar-refractivity contribution in [1.82, 2.24) is 0 Å². The quantitative estimate of drug-likeness (QED) is 0.176. The van der Waals surface area contributed by atoms with Crippen LogP contribution in [0.3, 0.4) is 0 Å². The van der Waals surface area contributed by atoms with Gasteiger partial charge in [-0.2, -0.15) is 0 Å². The summed E-state index contributed by atoms with van der Waals surface area (Å²) >= 11 is 0. The summed E-state index contributed by atoms with van der Waals surface area (Å²) in [4.78, 5) is 0. The first-order valence-electron chi connectivity index (χ1n) is 15.3. The Morgan fingerprint density at radius 2 is 1.02 bits per heavy atom. The van der Waals surface area contributed by atoms with Gasteiger partial charge >= 0.3 is 5.97 Å². The van der Waals surface area contributed by atoms with Gasteiger partial charge in [-0.25, -0.2) is 0 Å².